The normalized spacial score (nSPS) is 18.3. The van der Waals surface area contributed by atoms with E-state index in [9.17, 15) is 4.79 Å². The second kappa shape index (κ2) is 11.0. The van der Waals surface area contributed by atoms with Gasteiger partial charge in [0.25, 0.3) is 5.91 Å². The molecule has 1 aromatic carbocycles. The van der Waals surface area contributed by atoms with Crippen LogP contribution in [0.1, 0.15) is 60.9 Å². The molecule has 1 amide bonds. The van der Waals surface area contributed by atoms with E-state index in [4.69, 9.17) is 9.15 Å². The van der Waals surface area contributed by atoms with E-state index in [0.29, 0.717) is 11.8 Å². The third-order valence-electron chi connectivity index (χ3n) is 6.95. The molecular weight excluding hydrogens is 402 g/mol. The Morgan fingerprint density at radius 3 is 2.56 bits per heavy atom. The molecule has 1 saturated heterocycles. The molecule has 0 radical (unpaired) electrons. The molecule has 0 bridgehead atoms. The van der Waals surface area contributed by atoms with Crippen LogP contribution in [0.2, 0.25) is 0 Å². The molecule has 1 aliphatic heterocycles. The van der Waals surface area contributed by atoms with Crippen molar-refractivity contribution in [2.24, 2.45) is 0 Å². The summed E-state index contributed by atoms with van der Waals surface area (Å²) in [5, 5.41) is 0. The van der Waals surface area contributed by atoms with Crippen LogP contribution in [-0.4, -0.2) is 66.5 Å². The van der Waals surface area contributed by atoms with Crippen molar-refractivity contribution in [3.05, 3.63) is 53.5 Å². The maximum absolute atomic E-state index is 12.9. The van der Waals surface area contributed by atoms with Crippen molar-refractivity contribution in [1.82, 2.24) is 14.7 Å². The van der Waals surface area contributed by atoms with Crippen LogP contribution in [0.15, 0.2) is 40.8 Å². The van der Waals surface area contributed by atoms with Gasteiger partial charge < -0.3 is 19.0 Å². The van der Waals surface area contributed by atoms with E-state index in [0.717, 1.165) is 57.3 Å². The van der Waals surface area contributed by atoms with E-state index < -0.39 is 0 Å². The van der Waals surface area contributed by atoms with Gasteiger partial charge in [0.1, 0.15) is 11.5 Å². The van der Waals surface area contributed by atoms with Crippen molar-refractivity contribution in [2.45, 2.75) is 58.2 Å². The zero-order valence-corrected chi connectivity index (χ0v) is 19.6. The molecule has 6 nitrogen and oxygen atoms in total. The zero-order valence-electron chi connectivity index (χ0n) is 19.6. The molecule has 0 unspecified atom stereocenters. The lowest BCUT2D eigenvalue weighted by Gasteiger charge is -2.34. The third-order valence-corrected chi connectivity index (χ3v) is 6.95. The monoisotopic (exact) mass is 439 g/mol. The third kappa shape index (κ3) is 5.73. The van der Waals surface area contributed by atoms with Gasteiger partial charge >= 0.3 is 0 Å². The summed E-state index contributed by atoms with van der Waals surface area (Å²) < 4.78 is 11.5. The second-order valence-electron chi connectivity index (χ2n) is 9.04. The number of piperazine rings is 1. The Morgan fingerprint density at radius 2 is 1.84 bits per heavy atom. The summed E-state index contributed by atoms with van der Waals surface area (Å²) in [6.45, 7) is 8.19. The number of likely N-dealkylation sites (N-methyl/N-ethyl adjacent to an activating group) is 1. The molecule has 2 fully saturated rings. The van der Waals surface area contributed by atoms with Gasteiger partial charge in [0, 0.05) is 38.8 Å². The maximum atomic E-state index is 12.9. The lowest BCUT2D eigenvalue weighted by Crippen LogP contribution is -2.48. The maximum Gasteiger partial charge on any atom is 0.289 e. The lowest BCUT2D eigenvalue weighted by atomic mass is 9.93. The van der Waals surface area contributed by atoms with Gasteiger partial charge in [0.05, 0.1) is 13.7 Å². The van der Waals surface area contributed by atoms with E-state index in [2.05, 4.69) is 34.9 Å². The van der Waals surface area contributed by atoms with Crippen LogP contribution in [-0.2, 0) is 13.1 Å². The fraction of sp³-hybridized carbons (Fsp3) is 0.577. The molecule has 0 spiro atoms. The molecule has 32 heavy (non-hydrogen) atoms. The molecule has 174 valence electrons. The molecule has 1 saturated carbocycles. The number of rotatable bonds is 8. The first-order chi connectivity index (χ1) is 15.7. The first-order valence-electron chi connectivity index (χ1n) is 12.1. The van der Waals surface area contributed by atoms with Crippen LogP contribution in [0.5, 0.6) is 5.75 Å². The minimum absolute atomic E-state index is 0.0176. The van der Waals surface area contributed by atoms with E-state index in [1.54, 1.807) is 7.11 Å². The van der Waals surface area contributed by atoms with Gasteiger partial charge in [-0.05, 0) is 49.2 Å². The first kappa shape index (κ1) is 22.9. The van der Waals surface area contributed by atoms with Gasteiger partial charge in [-0.15, -0.1) is 0 Å². The van der Waals surface area contributed by atoms with Gasteiger partial charge in [-0.25, -0.2) is 0 Å². The van der Waals surface area contributed by atoms with Crippen LogP contribution in [0.4, 0.5) is 0 Å². The van der Waals surface area contributed by atoms with Gasteiger partial charge in [-0.3, -0.25) is 9.69 Å². The average Bonchev–Trinajstić information content (AvgIpc) is 3.32. The molecule has 2 heterocycles. The molecule has 2 aliphatic rings. The number of ether oxygens (including phenoxy) is 1. The quantitative estimate of drug-likeness (QED) is 0.610. The number of benzene rings is 1. The smallest absolute Gasteiger partial charge is 0.289 e. The summed E-state index contributed by atoms with van der Waals surface area (Å²) in [7, 11) is 1.71. The standard InChI is InChI=1S/C26H37N3O3/c1-3-27-14-16-28(17-15-27)26(30)25-13-12-24(32-25)20-29(22-9-5-4-6-10-22)19-21-8-7-11-23(18-21)31-2/h7-8,11-13,18,22H,3-6,9-10,14-17,19-20H2,1-2H3. The number of carbonyl (C=O) groups excluding carboxylic acids is 1. The zero-order chi connectivity index (χ0) is 22.3. The summed E-state index contributed by atoms with van der Waals surface area (Å²) in [5.74, 6) is 2.24. The van der Waals surface area contributed by atoms with Crippen LogP contribution in [0, 0.1) is 0 Å². The van der Waals surface area contributed by atoms with Crippen molar-refractivity contribution in [2.75, 3.05) is 39.8 Å². The second-order valence-corrected chi connectivity index (χ2v) is 9.04. The SMILES string of the molecule is CCN1CCN(C(=O)c2ccc(CN(Cc3cccc(OC)c3)C3CCCCC3)o2)CC1. The van der Waals surface area contributed by atoms with Gasteiger partial charge in [-0.1, -0.05) is 38.3 Å². The van der Waals surface area contributed by atoms with Crippen molar-refractivity contribution < 1.29 is 13.9 Å². The molecule has 0 N–H and O–H groups in total. The fourth-order valence-corrected chi connectivity index (χ4v) is 4.97. The number of amides is 1. The molecule has 1 aliphatic carbocycles. The van der Waals surface area contributed by atoms with E-state index >= 15 is 0 Å². The Bertz CT molecular complexity index is 867. The summed E-state index contributed by atoms with van der Waals surface area (Å²) >= 11 is 0. The van der Waals surface area contributed by atoms with Crippen molar-refractivity contribution in [3.63, 3.8) is 0 Å². The van der Waals surface area contributed by atoms with E-state index in [1.807, 2.05) is 23.1 Å². The summed E-state index contributed by atoms with van der Waals surface area (Å²) in [4.78, 5) is 19.8. The Morgan fingerprint density at radius 1 is 1.06 bits per heavy atom. The molecular formula is C26H37N3O3. The van der Waals surface area contributed by atoms with Crippen molar-refractivity contribution in [3.8, 4) is 5.75 Å². The fourth-order valence-electron chi connectivity index (χ4n) is 4.97. The minimum atomic E-state index is 0.0176. The highest BCUT2D eigenvalue weighted by atomic mass is 16.5. The predicted octanol–water partition coefficient (Wildman–Crippen LogP) is 4.40. The number of furan rings is 1. The predicted molar refractivity (Wildman–Crippen MR) is 126 cm³/mol. The highest BCUT2D eigenvalue weighted by Crippen LogP contribution is 2.27. The highest BCUT2D eigenvalue weighted by molar-refractivity contribution is 5.91. The topological polar surface area (TPSA) is 49.2 Å². The number of hydrogen-bond donors (Lipinski definition) is 0. The molecule has 0 atom stereocenters. The Kier molecular flexibility index (Phi) is 7.87. The summed E-state index contributed by atoms with van der Waals surface area (Å²) in [6.07, 6.45) is 6.33. The Hall–Kier alpha value is -2.31. The number of hydrogen-bond acceptors (Lipinski definition) is 5. The summed E-state index contributed by atoms with van der Waals surface area (Å²) in [6, 6.07) is 12.7. The van der Waals surface area contributed by atoms with E-state index in [-0.39, 0.29) is 5.91 Å². The Balaban J connectivity index is 1.44. The molecule has 6 heteroatoms. The van der Waals surface area contributed by atoms with Crippen molar-refractivity contribution >= 4 is 5.91 Å². The number of carbonyl (C=O) groups is 1. The Labute approximate surface area is 192 Å². The minimum Gasteiger partial charge on any atom is -0.497 e. The summed E-state index contributed by atoms with van der Waals surface area (Å²) in [5.41, 5.74) is 1.24. The van der Waals surface area contributed by atoms with E-state index in [1.165, 1.54) is 37.7 Å². The van der Waals surface area contributed by atoms with Crippen LogP contribution >= 0.6 is 0 Å². The van der Waals surface area contributed by atoms with Gasteiger partial charge in [0.2, 0.25) is 0 Å². The number of nitrogens with zero attached hydrogens (tertiary/aromatic N) is 3. The molecule has 4 rings (SSSR count). The van der Waals surface area contributed by atoms with Crippen LogP contribution in [0.3, 0.4) is 0 Å². The highest BCUT2D eigenvalue weighted by Gasteiger charge is 2.26. The van der Waals surface area contributed by atoms with Gasteiger partial charge in [0.15, 0.2) is 5.76 Å². The lowest BCUT2D eigenvalue weighted by molar-refractivity contribution is 0.0606. The molecule has 2 aromatic rings. The number of methoxy groups -OCH3 is 1. The van der Waals surface area contributed by atoms with Crippen LogP contribution in [0.25, 0.3) is 0 Å². The molecule has 1 aromatic heterocycles. The van der Waals surface area contributed by atoms with Gasteiger partial charge in [-0.2, -0.15) is 0 Å². The van der Waals surface area contributed by atoms with Crippen LogP contribution < -0.4 is 4.74 Å². The van der Waals surface area contributed by atoms with Crippen molar-refractivity contribution in [1.29, 1.82) is 0 Å². The largest absolute Gasteiger partial charge is 0.497 e. The average molecular weight is 440 g/mol. The first-order valence-corrected chi connectivity index (χ1v) is 12.1.